The molecule has 0 saturated carbocycles. The molecule has 1 unspecified atom stereocenters. The molecule has 7 nitrogen and oxygen atoms in total. The summed E-state index contributed by atoms with van der Waals surface area (Å²) >= 11 is 10.6. The van der Waals surface area contributed by atoms with Crippen LogP contribution in [0.15, 0.2) is 58.2 Å². The maximum atomic E-state index is 12.6. The minimum Gasteiger partial charge on any atom is -0.342 e. The average Bonchev–Trinajstić information content (AvgIpc) is 3.13. The average molecular weight is 537 g/mol. The molecule has 0 saturated heterocycles. The molecule has 0 aliphatic carbocycles. The second-order valence-corrected chi connectivity index (χ2v) is 9.63. The van der Waals surface area contributed by atoms with E-state index < -0.39 is 0 Å². The van der Waals surface area contributed by atoms with Crippen molar-refractivity contribution in [2.45, 2.75) is 25.0 Å². The van der Waals surface area contributed by atoms with Crippen LogP contribution in [0.25, 0.3) is 0 Å². The van der Waals surface area contributed by atoms with Gasteiger partial charge in [-0.15, -0.1) is 10.2 Å². The highest BCUT2D eigenvalue weighted by Crippen LogP contribution is 2.27. The monoisotopic (exact) mass is 535 g/mol. The number of benzene rings is 2. The van der Waals surface area contributed by atoms with E-state index in [1.54, 1.807) is 30.3 Å². The van der Waals surface area contributed by atoms with Crippen molar-refractivity contribution < 1.29 is 9.59 Å². The number of nitrogens with zero attached hydrogens (tertiary/aromatic N) is 3. The Labute approximate surface area is 204 Å². The van der Waals surface area contributed by atoms with Crippen molar-refractivity contribution in [2.75, 3.05) is 11.1 Å². The number of aromatic nitrogens is 3. The highest BCUT2D eigenvalue weighted by atomic mass is 79.9. The van der Waals surface area contributed by atoms with Gasteiger partial charge in [-0.05, 0) is 52.2 Å². The van der Waals surface area contributed by atoms with Gasteiger partial charge in [0.15, 0.2) is 11.0 Å². The van der Waals surface area contributed by atoms with Crippen LogP contribution >= 0.6 is 39.3 Å². The quantitative estimate of drug-likeness (QED) is 0.392. The van der Waals surface area contributed by atoms with Crippen LogP contribution in [-0.2, 0) is 11.8 Å². The third-order valence-corrected chi connectivity index (χ3v) is 6.91. The smallest absolute Gasteiger partial charge is 0.251 e. The summed E-state index contributed by atoms with van der Waals surface area (Å²) in [6.45, 7) is 4.02. The molecule has 0 aliphatic rings. The van der Waals surface area contributed by atoms with Crippen LogP contribution in [0, 0.1) is 5.92 Å². The zero-order valence-electron chi connectivity index (χ0n) is 17.8. The second-order valence-electron chi connectivity index (χ2n) is 7.43. The molecule has 10 heteroatoms. The van der Waals surface area contributed by atoms with Gasteiger partial charge in [-0.25, -0.2) is 0 Å². The maximum absolute atomic E-state index is 12.6. The molecule has 3 rings (SSSR count). The Hall–Kier alpha value is -2.36. The van der Waals surface area contributed by atoms with E-state index in [4.69, 9.17) is 11.6 Å². The van der Waals surface area contributed by atoms with E-state index in [0.717, 1.165) is 0 Å². The Morgan fingerprint density at radius 2 is 1.88 bits per heavy atom. The van der Waals surface area contributed by atoms with Gasteiger partial charge < -0.3 is 15.2 Å². The second kappa shape index (κ2) is 11.0. The lowest BCUT2D eigenvalue weighted by Gasteiger charge is -2.21. The van der Waals surface area contributed by atoms with Gasteiger partial charge in [0.2, 0.25) is 5.91 Å². The van der Waals surface area contributed by atoms with Gasteiger partial charge in [0, 0.05) is 22.8 Å². The summed E-state index contributed by atoms with van der Waals surface area (Å²) in [4.78, 5) is 25.0. The summed E-state index contributed by atoms with van der Waals surface area (Å²) < 4.78 is 2.52. The molecule has 0 aliphatic heterocycles. The SMILES string of the molecule is CC(C)C(NC(=O)c1ccccc1)c1nnc(SCC(=O)Nc2ccc(Cl)c(Br)c2)n1C. The highest BCUT2D eigenvalue weighted by molar-refractivity contribution is 9.10. The Morgan fingerprint density at radius 3 is 2.53 bits per heavy atom. The first-order valence-electron chi connectivity index (χ1n) is 9.89. The van der Waals surface area contributed by atoms with Crippen LogP contribution in [0.3, 0.4) is 0 Å². The van der Waals surface area contributed by atoms with Gasteiger partial charge >= 0.3 is 0 Å². The molecule has 0 bridgehead atoms. The molecular formula is C22H23BrClN5O2S. The number of nitrogens with one attached hydrogen (secondary N) is 2. The van der Waals surface area contributed by atoms with Gasteiger partial charge in [0.25, 0.3) is 5.91 Å². The minimum atomic E-state index is -0.324. The summed E-state index contributed by atoms with van der Waals surface area (Å²) in [6, 6.07) is 13.9. The molecular weight excluding hydrogens is 514 g/mol. The van der Waals surface area contributed by atoms with Gasteiger partial charge in [0.05, 0.1) is 16.8 Å². The van der Waals surface area contributed by atoms with Crippen molar-refractivity contribution in [1.82, 2.24) is 20.1 Å². The maximum Gasteiger partial charge on any atom is 0.251 e. The van der Waals surface area contributed by atoms with Crippen molar-refractivity contribution in [3.63, 3.8) is 0 Å². The largest absolute Gasteiger partial charge is 0.342 e. The zero-order valence-corrected chi connectivity index (χ0v) is 21.0. The molecule has 1 atom stereocenters. The predicted octanol–water partition coefficient (Wildman–Crippen LogP) is 5.09. The van der Waals surface area contributed by atoms with Crippen molar-refractivity contribution in [2.24, 2.45) is 13.0 Å². The fourth-order valence-electron chi connectivity index (χ4n) is 2.97. The molecule has 2 aromatic carbocycles. The van der Waals surface area contributed by atoms with Crippen LogP contribution < -0.4 is 10.6 Å². The van der Waals surface area contributed by atoms with Crippen LogP contribution in [-0.4, -0.2) is 32.3 Å². The molecule has 3 aromatic rings. The van der Waals surface area contributed by atoms with E-state index in [0.29, 0.717) is 31.7 Å². The number of hydrogen-bond acceptors (Lipinski definition) is 5. The molecule has 0 spiro atoms. The standard InChI is InChI=1S/C22H23BrClN5O2S/c1-13(2)19(26-21(31)14-7-5-4-6-8-14)20-27-28-22(29(20)3)32-12-18(30)25-15-9-10-17(24)16(23)11-15/h4-11,13,19H,12H2,1-3H3,(H,25,30)(H,26,31). The van der Waals surface area contributed by atoms with E-state index >= 15 is 0 Å². The Bertz CT molecular complexity index is 1110. The van der Waals surface area contributed by atoms with E-state index in [1.807, 2.05) is 43.7 Å². The van der Waals surface area contributed by atoms with E-state index in [1.165, 1.54) is 11.8 Å². The summed E-state index contributed by atoms with van der Waals surface area (Å²) in [5, 5.41) is 15.6. The van der Waals surface area contributed by atoms with Gasteiger partial charge in [-0.1, -0.05) is 55.4 Å². The first-order chi connectivity index (χ1) is 15.3. The fraction of sp³-hybridized carbons (Fsp3) is 0.273. The van der Waals surface area contributed by atoms with Crippen LogP contribution in [0.2, 0.25) is 5.02 Å². The molecule has 0 radical (unpaired) electrons. The first-order valence-corrected chi connectivity index (χ1v) is 12.0. The van der Waals surface area contributed by atoms with Gasteiger partial charge in [0.1, 0.15) is 0 Å². The zero-order chi connectivity index (χ0) is 23.3. The molecule has 2 amide bonds. The molecule has 1 heterocycles. The van der Waals surface area contributed by atoms with Gasteiger partial charge in [-0.3, -0.25) is 9.59 Å². The molecule has 1 aromatic heterocycles. The lowest BCUT2D eigenvalue weighted by Crippen LogP contribution is -2.33. The van der Waals surface area contributed by atoms with E-state index in [-0.39, 0.29) is 29.5 Å². The van der Waals surface area contributed by atoms with Crippen molar-refractivity contribution in [3.8, 4) is 0 Å². The number of hydrogen-bond donors (Lipinski definition) is 2. The van der Waals surface area contributed by atoms with Gasteiger partial charge in [-0.2, -0.15) is 0 Å². The summed E-state index contributed by atoms with van der Waals surface area (Å²) in [5.74, 6) is 0.542. The Balaban J connectivity index is 1.65. The lowest BCUT2D eigenvalue weighted by atomic mass is 10.0. The number of amides is 2. The molecule has 32 heavy (non-hydrogen) atoms. The predicted molar refractivity (Wildman–Crippen MR) is 131 cm³/mol. The topological polar surface area (TPSA) is 88.9 Å². The number of carbonyl (C=O) groups is 2. The normalized spacial score (nSPS) is 11.9. The summed E-state index contributed by atoms with van der Waals surface area (Å²) in [7, 11) is 1.83. The number of halogens is 2. The number of rotatable bonds is 8. The van der Waals surface area contributed by atoms with E-state index in [9.17, 15) is 9.59 Å². The van der Waals surface area contributed by atoms with E-state index in [2.05, 4.69) is 36.8 Å². The molecule has 0 fully saturated rings. The van der Waals surface area contributed by atoms with Crippen molar-refractivity contribution in [1.29, 1.82) is 0 Å². The Kier molecular flexibility index (Phi) is 8.33. The molecule has 2 N–H and O–H groups in total. The molecule has 168 valence electrons. The fourth-order valence-corrected chi connectivity index (χ4v) is 4.18. The summed E-state index contributed by atoms with van der Waals surface area (Å²) in [6.07, 6.45) is 0. The first kappa shape index (κ1) is 24.3. The van der Waals surface area contributed by atoms with Crippen LogP contribution in [0.5, 0.6) is 0 Å². The minimum absolute atomic E-state index is 0.0927. The third kappa shape index (κ3) is 6.11. The number of carbonyl (C=O) groups excluding carboxylic acids is 2. The van der Waals surface area contributed by atoms with Crippen LogP contribution in [0.4, 0.5) is 5.69 Å². The van der Waals surface area contributed by atoms with Crippen molar-refractivity contribution in [3.05, 3.63) is 69.4 Å². The number of anilines is 1. The Morgan fingerprint density at radius 1 is 1.16 bits per heavy atom. The third-order valence-electron chi connectivity index (χ3n) is 4.67. The van der Waals surface area contributed by atoms with Crippen LogP contribution in [0.1, 0.15) is 36.1 Å². The lowest BCUT2D eigenvalue weighted by molar-refractivity contribution is -0.113. The van der Waals surface area contributed by atoms with Crippen molar-refractivity contribution >= 4 is 56.8 Å². The summed E-state index contributed by atoms with van der Waals surface area (Å²) in [5.41, 5.74) is 1.23. The highest BCUT2D eigenvalue weighted by Gasteiger charge is 2.25. The number of thioether (sulfide) groups is 1.